The zero-order valence-corrected chi connectivity index (χ0v) is 21.8. The highest BCUT2D eigenvalue weighted by Crippen LogP contribution is 2.36. The first-order chi connectivity index (χ1) is 17.3. The molecule has 0 bridgehead atoms. The fraction of sp³-hybridized carbons (Fsp3) is 0.111. The second kappa shape index (κ2) is 10.0. The number of pyridine rings is 1. The Labute approximate surface area is 221 Å². The Bertz CT molecular complexity index is 1600. The van der Waals surface area contributed by atoms with E-state index in [0.717, 1.165) is 33.3 Å². The molecular formula is C27H20FN3O2S3. The molecule has 1 aliphatic heterocycles. The molecular weight excluding hydrogens is 514 g/mol. The third-order valence-corrected chi connectivity index (χ3v) is 8.08. The molecule has 1 saturated heterocycles. The molecule has 0 unspecified atom stereocenters. The lowest BCUT2D eigenvalue weighted by molar-refractivity contribution is -0.122. The summed E-state index contributed by atoms with van der Waals surface area (Å²) in [6.07, 6.45) is 3.26. The van der Waals surface area contributed by atoms with Crippen LogP contribution in [0.3, 0.4) is 0 Å². The molecule has 0 spiro atoms. The fourth-order valence-corrected chi connectivity index (χ4v) is 5.87. The van der Waals surface area contributed by atoms with Crippen LogP contribution in [0.1, 0.15) is 22.3 Å². The van der Waals surface area contributed by atoms with E-state index in [9.17, 15) is 14.0 Å². The lowest BCUT2D eigenvalue weighted by atomic mass is 10.2. The number of nitrogens with zero attached hydrogens (tertiary/aromatic N) is 3. The van der Waals surface area contributed by atoms with Crippen LogP contribution in [0.4, 0.5) is 4.39 Å². The summed E-state index contributed by atoms with van der Waals surface area (Å²) in [7, 11) is 0. The van der Waals surface area contributed by atoms with Crippen molar-refractivity contribution in [2.75, 3.05) is 0 Å². The van der Waals surface area contributed by atoms with Gasteiger partial charge in [-0.3, -0.25) is 18.9 Å². The van der Waals surface area contributed by atoms with E-state index in [1.807, 2.05) is 44.2 Å². The number of halogens is 1. The number of carbonyl (C=O) groups excluding carboxylic acids is 1. The van der Waals surface area contributed by atoms with E-state index in [-0.39, 0.29) is 23.8 Å². The van der Waals surface area contributed by atoms with Gasteiger partial charge >= 0.3 is 0 Å². The Kier molecular flexibility index (Phi) is 6.79. The van der Waals surface area contributed by atoms with Crippen LogP contribution in [-0.2, 0) is 11.3 Å². The molecule has 0 N–H and O–H groups in total. The van der Waals surface area contributed by atoms with Crippen molar-refractivity contribution in [3.63, 3.8) is 0 Å². The summed E-state index contributed by atoms with van der Waals surface area (Å²) in [5, 5.41) is 0.516. The summed E-state index contributed by atoms with van der Waals surface area (Å²) in [6.45, 7) is 4.14. The van der Waals surface area contributed by atoms with Gasteiger partial charge in [-0.05, 0) is 61.4 Å². The van der Waals surface area contributed by atoms with E-state index >= 15 is 0 Å². The van der Waals surface area contributed by atoms with Crippen molar-refractivity contribution in [3.05, 3.63) is 110 Å². The highest BCUT2D eigenvalue weighted by Gasteiger charge is 2.32. The van der Waals surface area contributed by atoms with E-state index in [2.05, 4.69) is 0 Å². The highest BCUT2D eigenvalue weighted by atomic mass is 32.2. The number of rotatable bonds is 5. The van der Waals surface area contributed by atoms with E-state index in [0.29, 0.717) is 25.5 Å². The Morgan fingerprint density at radius 3 is 2.50 bits per heavy atom. The monoisotopic (exact) mass is 533 g/mol. The average Bonchev–Trinajstić information content (AvgIpc) is 3.12. The molecule has 5 rings (SSSR count). The molecule has 2 aromatic carbocycles. The van der Waals surface area contributed by atoms with Crippen molar-refractivity contribution >= 4 is 57.7 Å². The number of hydrogen-bond donors (Lipinski definition) is 0. The predicted octanol–water partition coefficient (Wildman–Crippen LogP) is 6.00. The molecule has 180 valence electrons. The largest absolute Gasteiger partial charge is 0.288 e. The molecule has 1 amide bonds. The normalized spacial score (nSPS) is 14.9. The molecule has 0 aliphatic carbocycles. The molecule has 1 aliphatic rings. The maximum atomic E-state index is 13.6. The zero-order valence-electron chi connectivity index (χ0n) is 19.4. The molecule has 4 aromatic rings. The number of amides is 1. The van der Waals surface area contributed by atoms with Gasteiger partial charge in [0, 0.05) is 11.1 Å². The first-order valence-corrected chi connectivity index (χ1v) is 13.1. The molecule has 2 aromatic heterocycles. The maximum absolute atomic E-state index is 13.6. The minimum Gasteiger partial charge on any atom is -0.288 e. The molecule has 0 saturated carbocycles. The Balaban J connectivity index is 1.57. The maximum Gasteiger partial charge on any atom is 0.266 e. The number of hydrogen-bond acceptors (Lipinski definition) is 6. The summed E-state index contributed by atoms with van der Waals surface area (Å²) < 4.78 is 15.2. The van der Waals surface area contributed by atoms with Crippen molar-refractivity contribution < 1.29 is 9.18 Å². The van der Waals surface area contributed by atoms with E-state index in [1.54, 1.807) is 30.5 Å². The first kappa shape index (κ1) is 24.4. The van der Waals surface area contributed by atoms with E-state index < -0.39 is 0 Å². The highest BCUT2D eigenvalue weighted by molar-refractivity contribution is 8.26. The molecule has 0 atom stereocenters. The second-order valence-electron chi connectivity index (χ2n) is 8.33. The smallest absolute Gasteiger partial charge is 0.266 e. The van der Waals surface area contributed by atoms with Crippen LogP contribution in [0.2, 0.25) is 0 Å². The summed E-state index contributed by atoms with van der Waals surface area (Å²) in [6, 6.07) is 17.6. The van der Waals surface area contributed by atoms with Crippen LogP contribution in [0.5, 0.6) is 0 Å². The van der Waals surface area contributed by atoms with Crippen molar-refractivity contribution in [2.24, 2.45) is 0 Å². The van der Waals surface area contributed by atoms with E-state index in [1.165, 1.54) is 33.2 Å². The van der Waals surface area contributed by atoms with Gasteiger partial charge in [0.25, 0.3) is 11.5 Å². The summed E-state index contributed by atoms with van der Waals surface area (Å²) in [5.74, 6) is -0.642. The van der Waals surface area contributed by atoms with Crippen LogP contribution >= 0.6 is 35.7 Å². The topological polar surface area (TPSA) is 54.7 Å². The number of thioether (sulfide) groups is 1. The summed E-state index contributed by atoms with van der Waals surface area (Å²) in [5.41, 5.74) is 3.39. The van der Waals surface area contributed by atoms with Crippen LogP contribution in [0, 0.1) is 19.7 Å². The van der Waals surface area contributed by atoms with Gasteiger partial charge in [0.2, 0.25) is 0 Å². The van der Waals surface area contributed by atoms with Crippen LogP contribution in [0.15, 0.2) is 86.5 Å². The van der Waals surface area contributed by atoms with Crippen LogP contribution < -0.4 is 5.56 Å². The van der Waals surface area contributed by atoms with Crippen molar-refractivity contribution in [3.8, 4) is 0 Å². The summed E-state index contributed by atoms with van der Waals surface area (Å²) >= 11 is 7.98. The van der Waals surface area contributed by atoms with Crippen LogP contribution in [-0.4, -0.2) is 24.5 Å². The van der Waals surface area contributed by atoms with Gasteiger partial charge < -0.3 is 0 Å². The summed E-state index contributed by atoms with van der Waals surface area (Å²) in [4.78, 5) is 34.4. The number of fused-ring (bicyclic) bond motifs is 1. The second-order valence-corrected chi connectivity index (χ2v) is 11.1. The number of thiocarbonyl (C=S) groups is 1. The minimum atomic E-state index is -0.345. The van der Waals surface area contributed by atoms with Crippen molar-refractivity contribution in [1.29, 1.82) is 0 Å². The number of benzene rings is 2. The Morgan fingerprint density at radius 1 is 1.06 bits per heavy atom. The Morgan fingerprint density at radius 2 is 1.78 bits per heavy atom. The first-order valence-electron chi connectivity index (χ1n) is 11.1. The van der Waals surface area contributed by atoms with Crippen LogP contribution in [0.25, 0.3) is 11.7 Å². The average molecular weight is 534 g/mol. The molecule has 0 radical (unpaired) electrons. The number of carbonyl (C=O) groups is 1. The van der Waals surface area contributed by atoms with Crippen molar-refractivity contribution in [1.82, 2.24) is 14.3 Å². The SMILES string of the molecule is Cc1ccc(Sc2nc3c(C)cccn3c(=O)c2C=C2SC(=S)N(Cc3ccc(F)cc3)C2=O)cc1. The third kappa shape index (κ3) is 4.86. The molecule has 36 heavy (non-hydrogen) atoms. The zero-order chi connectivity index (χ0) is 25.4. The van der Waals surface area contributed by atoms with Gasteiger partial charge in [0.1, 0.15) is 20.8 Å². The van der Waals surface area contributed by atoms with Gasteiger partial charge in [0.15, 0.2) is 0 Å². The lowest BCUT2D eigenvalue weighted by Crippen LogP contribution is -2.27. The quantitative estimate of drug-likeness (QED) is 0.178. The van der Waals surface area contributed by atoms with Gasteiger partial charge in [-0.2, -0.15) is 0 Å². The third-order valence-electron chi connectivity index (χ3n) is 5.69. The lowest BCUT2D eigenvalue weighted by Gasteiger charge is -2.14. The van der Waals surface area contributed by atoms with Gasteiger partial charge in [-0.25, -0.2) is 9.37 Å². The number of aryl methyl sites for hydroxylation is 2. The molecule has 3 heterocycles. The molecule has 5 nitrogen and oxygen atoms in total. The molecule has 9 heteroatoms. The fourth-order valence-electron chi connectivity index (χ4n) is 3.75. The number of aromatic nitrogens is 2. The molecule has 1 fully saturated rings. The van der Waals surface area contributed by atoms with Gasteiger partial charge in [-0.15, -0.1) is 0 Å². The van der Waals surface area contributed by atoms with E-state index in [4.69, 9.17) is 17.2 Å². The Hall–Kier alpha value is -3.27. The van der Waals surface area contributed by atoms with Gasteiger partial charge in [0.05, 0.1) is 17.0 Å². The minimum absolute atomic E-state index is 0.224. The van der Waals surface area contributed by atoms with Gasteiger partial charge in [-0.1, -0.05) is 71.6 Å². The standard InChI is InChI=1S/C27H20FN3O2S3/c1-16-5-11-20(12-6-16)35-24-21(25(32)30-13-3-4-17(2)23(30)29-24)14-22-26(33)31(27(34)36-22)15-18-7-9-19(28)10-8-18/h3-14H,15H2,1-2H3. The van der Waals surface area contributed by atoms with Crippen molar-refractivity contribution in [2.45, 2.75) is 30.3 Å². The predicted molar refractivity (Wildman–Crippen MR) is 147 cm³/mol.